The first kappa shape index (κ1) is 19.4. The van der Waals surface area contributed by atoms with Crippen LogP contribution in [-0.2, 0) is 14.4 Å². The number of amides is 3. The lowest BCUT2D eigenvalue weighted by atomic mass is 10.0. The highest BCUT2D eigenvalue weighted by molar-refractivity contribution is 14.1. The van der Waals surface area contributed by atoms with Crippen molar-refractivity contribution in [3.8, 4) is 0 Å². The maximum Gasteiger partial charge on any atom is 0.234 e. The predicted octanol–water partition coefficient (Wildman–Crippen LogP) is 0.425. The Bertz CT molecular complexity index is 329. The van der Waals surface area contributed by atoms with Gasteiger partial charge in [-0.25, -0.2) is 0 Å². The number of rotatable bonds is 10. The largest absolute Gasteiger partial charge is 0.355 e. The van der Waals surface area contributed by atoms with E-state index in [2.05, 4.69) is 16.0 Å². The fraction of sp³-hybridized carbons (Fsp3) is 0.750. The summed E-state index contributed by atoms with van der Waals surface area (Å²) in [6, 6.07) is 0. The summed E-state index contributed by atoms with van der Waals surface area (Å²) in [5, 5.41) is 8.06. The van der Waals surface area contributed by atoms with Crippen molar-refractivity contribution < 1.29 is 14.4 Å². The third kappa shape index (κ3) is 10.2. The number of carbonyl (C=O) groups is 3. The number of halogens is 2. The Morgan fingerprint density at radius 1 is 1.05 bits per heavy atom. The van der Waals surface area contributed by atoms with Crippen LogP contribution in [0.4, 0.5) is 0 Å². The molecule has 3 amide bonds. The van der Waals surface area contributed by atoms with Crippen molar-refractivity contribution >= 4 is 51.9 Å². The quantitative estimate of drug-likeness (QED) is 0.274. The van der Waals surface area contributed by atoms with Gasteiger partial charge in [-0.2, -0.15) is 0 Å². The maximum absolute atomic E-state index is 11.7. The minimum atomic E-state index is -0.250. The van der Waals surface area contributed by atoms with Crippen LogP contribution in [-0.4, -0.2) is 47.7 Å². The van der Waals surface area contributed by atoms with Gasteiger partial charge in [-0.05, 0) is 12.8 Å². The molecule has 0 aliphatic heterocycles. The van der Waals surface area contributed by atoms with Crippen LogP contribution in [0.1, 0.15) is 19.8 Å². The van der Waals surface area contributed by atoms with Crippen LogP contribution in [0.25, 0.3) is 0 Å². The molecule has 0 heterocycles. The number of carbonyl (C=O) groups excluding carboxylic acids is 3. The van der Waals surface area contributed by atoms with Gasteiger partial charge in [0, 0.05) is 25.6 Å². The second kappa shape index (κ2) is 12.2. The van der Waals surface area contributed by atoms with Crippen molar-refractivity contribution in [1.82, 2.24) is 16.0 Å². The average Bonchev–Trinajstić information content (AvgIpc) is 2.46. The summed E-state index contributed by atoms with van der Waals surface area (Å²) in [6.07, 6.45) is 1.47. The molecule has 3 N–H and O–H groups in total. The van der Waals surface area contributed by atoms with Crippen LogP contribution in [0.2, 0.25) is 0 Å². The molecule has 0 aliphatic rings. The van der Waals surface area contributed by atoms with Crippen LogP contribution < -0.4 is 16.0 Å². The SMILES string of the molecule is C[C@@H](CCCNC(=O)CI)C(=O)NCCNC(=O)CCl. The van der Waals surface area contributed by atoms with E-state index in [9.17, 15) is 14.4 Å². The van der Waals surface area contributed by atoms with Gasteiger partial charge in [0.1, 0.15) is 5.88 Å². The van der Waals surface area contributed by atoms with E-state index >= 15 is 0 Å². The molecule has 0 radical (unpaired) electrons. The highest BCUT2D eigenvalue weighted by Gasteiger charge is 2.11. The van der Waals surface area contributed by atoms with Gasteiger partial charge in [-0.15, -0.1) is 11.6 Å². The van der Waals surface area contributed by atoms with E-state index in [1.54, 1.807) is 0 Å². The zero-order valence-corrected chi connectivity index (χ0v) is 14.4. The molecule has 0 aromatic carbocycles. The van der Waals surface area contributed by atoms with Gasteiger partial charge in [-0.3, -0.25) is 14.4 Å². The van der Waals surface area contributed by atoms with Crippen molar-refractivity contribution in [2.75, 3.05) is 29.9 Å². The molecule has 0 aliphatic carbocycles. The molecule has 116 valence electrons. The van der Waals surface area contributed by atoms with Gasteiger partial charge in [-0.1, -0.05) is 29.5 Å². The van der Waals surface area contributed by atoms with Gasteiger partial charge in [0.25, 0.3) is 0 Å². The van der Waals surface area contributed by atoms with E-state index < -0.39 is 0 Å². The smallest absolute Gasteiger partial charge is 0.234 e. The molecule has 1 atom stereocenters. The third-order valence-corrected chi connectivity index (χ3v) is 3.51. The van der Waals surface area contributed by atoms with Gasteiger partial charge in [0.2, 0.25) is 17.7 Å². The lowest BCUT2D eigenvalue weighted by Crippen LogP contribution is -2.37. The summed E-state index contributed by atoms with van der Waals surface area (Å²) >= 11 is 7.32. The number of alkyl halides is 2. The predicted molar refractivity (Wildman–Crippen MR) is 87.0 cm³/mol. The molecule has 0 bridgehead atoms. The zero-order valence-electron chi connectivity index (χ0n) is 11.5. The van der Waals surface area contributed by atoms with Gasteiger partial charge >= 0.3 is 0 Å². The molecule has 0 unspecified atom stereocenters. The highest BCUT2D eigenvalue weighted by Crippen LogP contribution is 2.04. The average molecular weight is 418 g/mol. The second-order valence-corrected chi connectivity index (χ2v) is 5.33. The number of hydrogen-bond donors (Lipinski definition) is 3. The maximum atomic E-state index is 11.7. The van der Waals surface area contributed by atoms with Crippen LogP contribution >= 0.6 is 34.2 Å². The topological polar surface area (TPSA) is 87.3 Å². The minimum Gasteiger partial charge on any atom is -0.355 e. The third-order valence-electron chi connectivity index (χ3n) is 2.57. The van der Waals surface area contributed by atoms with Crippen LogP contribution in [0, 0.1) is 5.92 Å². The Labute approximate surface area is 137 Å². The molecule has 0 fully saturated rings. The summed E-state index contributed by atoms with van der Waals surface area (Å²) in [6.45, 7) is 3.19. The van der Waals surface area contributed by atoms with E-state index in [-0.39, 0.29) is 29.5 Å². The highest BCUT2D eigenvalue weighted by atomic mass is 127. The molecule has 8 heteroatoms. The van der Waals surface area contributed by atoms with Crippen molar-refractivity contribution in [3.05, 3.63) is 0 Å². The Balaban J connectivity index is 3.61. The lowest BCUT2D eigenvalue weighted by Gasteiger charge is -2.12. The number of nitrogens with one attached hydrogen (secondary N) is 3. The molecule has 6 nitrogen and oxygen atoms in total. The van der Waals surface area contributed by atoms with Gasteiger partial charge < -0.3 is 16.0 Å². The molecule has 0 saturated carbocycles. The van der Waals surface area contributed by atoms with Crippen molar-refractivity contribution in [1.29, 1.82) is 0 Å². The lowest BCUT2D eigenvalue weighted by molar-refractivity contribution is -0.125. The molecule has 0 rings (SSSR count). The Kier molecular flexibility index (Phi) is 11.8. The normalized spacial score (nSPS) is 11.6. The Morgan fingerprint density at radius 3 is 2.25 bits per heavy atom. The summed E-state index contributed by atoms with van der Waals surface area (Å²) in [5.41, 5.74) is 0. The Hall–Kier alpha value is -0.570. The first-order chi connectivity index (χ1) is 9.51. The molecular formula is C12H21ClIN3O3. The van der Waals surface area contributed by atoms with Crippen molar-refractivity contribution in [2.45, 2.75) is 19.8 Å². The molecule has 0 saturated heterocycles. The molecule has 0 aromatic rings. The fourth-order valence-corrected chi connectivity index (χ4v) is 1.79. The van der Waals surface area contributed by atoms with Crippen molar-refractivity contribution in [3.63, 3.8) is 0 Å². The monoisotopic (exact) mass is 417 g/mol. The summed E-state index contributed by atoms with van der Waals surface area (Å²) in [7, 11) is 0. The standard InChI is InChI=1S/C12H21ClIN3O3/c1-9(3-2-4-15-11(19)8-14)12(20)17-6-5-16-10(18)7-13/h9H,2-8H2,1H3,(H,15,19)(H,16,18)(H,17,20)/t9-/m0/s1. The molecule has 20 heavy (non-hydrogen) atoms. The van der Waals surface area contributed by atoms with Crippen LogP contribution in [0.5, 0.6) is 0 Å². The minimum absolute atomic E-state index is 0.0118. The molecule has 0 aromatic heterocycles. The van der Waals surface area contributed by atoms with E-state index in [1.165, 1.54) is 0 Å². The van der Waals surface area contributed by atoms with Crippen LogP contribution in [0.15, 0.2) is 0 Å². The van der Waals surface area contributed by atoms with E-state index in [0.29, 0.717) is 30.5 Å². The van der Waals surface area contributed by atoms with E-state index in [1.807, 2.05) is 29.5 Å². The first-order valence-electron chi connectivity index (χ1n) is 6.44. The zero-order chi connectivity index (χ0) is 15.4. The molecular weight excluding hydrogens is 397 g/mol. The van der Waals surface area contributed by atoms with Gasteiger partial charge in [0.15, 0.2) is 0 Å². The molecule has 0 spiro atoms. The fourth-order valence-electron chi connectivity index (χ4n) is 1.42. The Morgan fingerprint density at radius 2 is 1.65 bits per heavy atom. The van der Waals surface area contributed by atoms with E-state index in [0.717, 1.165) is 6.42 Å². The van der Waals surface area contributed by atoms with E-state index in [4.69, 9.17) is 11.6 Å². The first-order valence-corrected chi connectivity index (χ1v) is 8.50. The van der Waals surface area contributed by atoms with Crippen molar-refractivity contribution in [2.24, 2.45) is 5.92 Å². The summed E-state index contributed by atoms with van der Waals surface area (Å²) in [4.78, 5) is 33.6. The van der Waals surface area contributed by atoms with Gasteiger partial charge in [0.05, 0.1) is 4.43 Å². The second-order valence-electron chi connectivity index (χ2n) is 4.30. The summed E-state index contributed by atoms with van der Waals surface area (Å²) in [5.74, 6) is -0.480. The van der Waals surface area contributed by atoms with Crippen LogP contribution in [0.3, 0.4) is 0 Å². The number of hydrogen-bond acceptors (Lipinski definition) is 3. The summed E-state index contributed by atoms with van der Waals surface area (Å²) < 4.78 is 0.446.